The van der Waals surface area contributed by atoms with Crippen molar-refractivity contribution in [3.63, 3.8) is 0 Å². The van der Waals surface area contributed by atoms with Crippen molar-refractivity contribution >= 4 is 5.91 Å². The summed E-state index contributed by atoms with van der Waals surface area (Å²) in [5, 5.41) is 3.10. The molecule has 0 aromatic heterocycles. The zero-order valence-electron chi connectivity index (χ0n) is 12.0. The molecule has 1 fully saturated rings. The van der Waals surface area contributed by atoms with Crippen LogP contribution in [0.3, 0.4) is 0 Å². The molecule has 3 N–H and O–H groups in total. The van der Waals surface area contributed by atoms with Crippen molar-refractivity contribution in [3.8, 4) is 0 Å². The molecular formula is C14H28N2O. The molecule has 0 heterocycles. The Hall–Kier alpha value is -0.570. The van der Waals surface area contributed by atoms with Gasteiger partial charge in [0.15, 0.2) is 0 Å². The van der Waals surface area contributed by atoms with Gasteiger partial charge in [-0.15, -0.1) is 0 Å². The molecule has 1 amide bonds. The third-order valence-electron chi connectivity index (χ3n) is 4.62. The lowest BCUT2D eigenvalue weighted by Crippen LogP contribution is -2.54. The number of nitrogens with two attached hydrogens (primary N) is 1. The highest BCUT2D eigenvalue weighted by molar-refractivity contribution is 5.84. The average molecular weight is 240 g/mol. The van der Waals surface area contributed by atoms with E-state index < -0.39 is 0 Å². The van der Waals surface area contributed by atoms with Crippen LogP contribution in [0.4, 0.5) is 0 Å². The highest BCUT2D eigenvalue weighted by Gasteiger charge is 2.47. The first-order chi connectivity index (χ1) is 7.73. The lowest BCUT2D eigenvalue weighted by Gasteiger charge is -2.45. The first-order valence-electron chi connectivity index (χ1n) is 6.72. The average Bonchev–Trinajstić information content (AvgIpc) is 2.21. The number of carbonyl (C=O) groups is 1. The Labute approximate surface area is 106 Å². The van der Waals surface area contributed by atoms with Gasteiger partial charge in [-0.2, -0.15) is 0 Å². The molecule has 0 aromatic rings. The van der Waals surface area contributed by atoms with E-state index in [-0.39, 0.29) is 16.7 Å². The molecule has 3 nitrogen and oxygen atoms in total. The topological polar surface area (TPSA) is 55.1 Å². The Bertz CT molecular complexity index is 278. The van der Waals surface area contributed by atoms with E-state index in [2.05, 4.69) is 39.9 Å². The second-order valence-electron chi connectivity index (χ2n) is 6.82. The normalized spacial score (nSPS) is 29.0. The molecule has 0 aliphatic heterocycles. The molecule has 0 spiro atoms. The summed E-state index contributed by atoms with van der Waals surface area (Å²) >= 11 is 0. The maximum absolute atomic E-state index is 12.2. The minimum Gasteiger partial charge on any atom is -0.355 e. The number of carbonyl (C=O) groups excluding carboxylic acids is 1. The molecule has 0 atom stereocenters. The fourth-order valence-electron chi connectivity index (χ4n) is 2.42. The molecule has 0 bridgehead atoms. The Morgan fingerprint density at radius 3 is 2.35 bits per heavy atom. The van der Waals surface area contributed by atoms with Gasteiger partial charge < -0.3 is 11.1 Å². The lowest BCUT2D eigenvalue weighted by atomic mass is 9.62. The van der Waals surface area contributed by atoms with E-state index in [4.69, 9.17) is 5.73 Å². The van der Waals surface area contributed by atoms with Crippen LogP contribution in [-0.2, 0) is 4.79 Å². The fraction of sp³-hybridized carbons (Fsp3) is 0.929. The SMILES string of the molecule is CC1CC(CN)(C(=O)NCC(C)(C)C(C)C)C1. The molecule has 100 valence electrons. The minimum absolute atomic E-state index is 0.140. The molecule has 0 aromatic carbocycles. The van der Waals surface area contributed by atoms with Crippen LogP contribution in [0.15, 0.2) is 0 Å². The Morgan fingerprint density at radius 1 is 1.47 bits per heavy atom. The number of hydrogen-bond acceptors (Lipinski definition) is 2. The van der Waals surface area contributed by atoms with Gasteiger partial charge in [-0.3, -0.25) is 4.79 Å². The highest BCUT2D eigenvalue weighted by Crippen LogP contribution is 2.44. The molecule has 1 aliphatic carbocycles. The summed E-state index contributed by atoms with van der Waals surface area (Å²) in [5.41, 5.74) is 5.64. The number of hydrogen-bond donors (Lipinski definition) is 2. The summed E-state index contributed by atoms with van der Waals surface area (Å²) in [6.45, 7) is 12.2. The zero-order chi connectivity index (χ0) is 13.3. The first-order valence-corrected chi connectivity index (χ1v) is 6.72. The largest absolute Gasteiger partial charge is 0.355 e. The molecule has 3 heteroatoms. The zero-order valence-corrected chi connectivity index (χ0v) is 12.0. The van der Waals surface area contributed by atoms with E-state index in [1.165, 1.54) is 0 Å². The summed E-state index contributed by atoms with van der Waals surface area (Å²) in [6, 6.07) is 0. The second-order valence-corrected chi connectivity index (χ2v) is 6.82. The van der Waals surface area contributed by atoms with E-state index >= 15 is 0 Å². The maximum Gasteiger partial charge on any atom is 0.227 e. The van der Waals surface area contributed by atoms with E-state index in [0.717, 1.165) is 19.4 Å². The van der Waals surface area contributed by atoms with Gasteiger partial charge in [0.25, 0.3) is 0 Å². The first kappa shape index (κ1) is 14.5. The fourth-order valence-corrected chi connectivity index (χ4v) is 2.42. The number of nitrogens with one attached hydrogen (secondary N) is 1. The minimum atomic E-state index is -0.271. The molecule has 17 heavy (non-hydrogen) atoms. The quantitative estimate of drug-likeness (QED) is 0.773. The van der Waals surface area contributed by atoms with Crippen molar-refractivity contribution in [2.75, 3.05) is 13.1 Å². The summed E-state index contributed by atoms with van der Waals surface area (Å²) < 4.78 is 0. The smallest absolute Gasteiger partial charge is 0.227 e. The Kier molecular flexibility index (Phi) is 4.23. The Morgan fingerprint density at radius 2 is 2.00 bits per heavy atom. The van der Waals surface area contributed by atoms with Crippen LogP contribution in [0.1, 0.15) is 47.5 Å². The molecular weight excluding hydrogens is 212 g/mol. The van der Waals surface area contributed by atoms with Gasteiger partial charge in [-0.1, -0.05) is 34.6 Å². The summed E-state index contributed by atoms with van der Waals surface area (Å²) in [7, 11) is 0. The van der Waals surface area contributed by atoms with Crippen LogP contribution in [0.5, 0.6) is 0 Å². The van der Waals surface area contributed by atoms with Crippen LogP contribution in [0, 0.1) is 22.7 Å². The predicted molar refractivity (Wildman–Crippen MR) is 71.5 cm³/mol. The van der Waals surface area contributed by atoms with E-state index in [1.54, 1.807) is 0 Å². The van der Waals surface area contributed by atoms with Crippen molar-refractivity contribution in [1.29, 1.82) is 0 Å². The highest BCUT2D eigenvalue weighted by atomic mass is 16.2. The van der Waals surface area contributed by atoms with Crippen LogP contribution in [0.2, 0.25) is 0 Å². The van der Waals surface area contributed by atoms with Gasteiger partial charge in [0.2, 0.25) is 5.91 Å². The van der Waals surface area contributed by atoms with E-state index in [0.29, 0.717) is 18.4 Å². The molecule has 1 saturated carbocycles. The number of amides is 1. The van der Waals surface area contributed by atoms with Gasteiger partial charge in [-0.25, -0.2) is 0 Å². The van der Waals surface area contributed by atoms with Gasteiger partial charge in [-0.05, 0) is 30.1 Å². The van der Waals surface area contributed by atoms with Crippen LogP contribution < -0.4 is 11.1 Å². The van der Waals surface area contributed by atoms with E-state index in [9.17, 15) is 4.79 Å². The third-order valence-corrected chi connectivity index (χ3v) is 4.62. The predicted octanol–water partition coefficient (Wildman–Crippen LogP) is 2.16. The van der Waals surface area contributed by atoms with Crippen molar-refractivity contribution in [2.24, 2.45) is 28.4 Å². The van der Waals surface area contributed by atoms with Crippen LogP contribution >= 0.6 is 0 Å². The van der Waals surface area contributed by atoms with Gasteiger partial charge in [0, 0.05) is 13.1 Å². The second kappa shape index (κ2) is 4.97. The van der Waals surface area contributed by atoms with Gasteiger partial charge >= 0.3 is 0 Å². The molecule has 0 saturated heterocycles. The van der Waals surface area contributed by atoms with Crippen molar-refractivity contribution < 1.29 is 4.79 Å². The number of rotatable bonds is 5. The van der Waals surface area contributed by atoms with Crippen LogP contribution in [0.25, 0.3) is 0 Å². The van der Waals surface area contributed by atoms with Crippen molar-refractivity contribution in [2.45, 2.75) is 47.5 Å². The Balaban J connectivity index is 2.50. The molecule has 1 rings (SSSR count). The summed E-state index contributed by atoms with van der Waals surface area (Å²) in [6.07, 6.45) is 1.88. The third kappa shape index (κ3) is 3.01. The molecule has 0 unspecified atom stereocenters. The monoisotopic (exact) mass is 240 g/mol. The van der Waals surface area contributed by atoms with Gasteiger partial charge in [0.1, 0.15) is 0 Å². The standard InChI is InChI=1S/C14H28N2O/c1-10(2)13(4,5)9-16-12(17)14(8-15)6-11(3)7-14/h10-11H,6-9,15H2,1-5H3,(H,16,17). The van der Waals surface area contributed by atoms with Crippen molar-refractivity contribution in [3.05, 3.63) is 0 Å². The van der Waals surface area contributed by atoms with Crippen LogP contribution in [-0.4, -0.2) is 19.0 Å². The van der Waals surface area contributed by atoms with Gasteiger partial charge in [0.05, 0.1) is 5.41 Å². The molecule has 0 radical (unpaired) electrons. The summed E-state index contributed by atoms with van der Waals surface area (Å²) in [4.78, 5) is 12.2. The summed E-state index contributed by atoms with van der Waals surface area (Å²) in [5.74, 6) is 1.35. The maximum atomic E-state index is 12.2. The lowest BCUT2D eigenvalue weighted by molar-refractivity contribution is -0.138. The van der Waals surface area contributed by atoms with Crippen molar-refractivity contribution in [1.82, 2.24) is 5.32 Å². The van der Waals surface area contributed by atoms with E-state index in [1.807, 2.05) is 0 Å². The molecule has 1 aliphatic rings.